The first-order valence-electron chi connectivity index (χ1n) is 7.82. The van der Waals surface area contributed by atoms with Crippen LogP contribution in [0.5, 0.6) is 0 Å². The fourth-order valence-electron chi connectivity index (χ4n) is 2.40. The van der Waals surface area contributed by atoms with E-state index in [1.807, 2.05) is 6.92 Å². The molecule has 0 unspecified atom stereocenters. The molecule has 3 aromatic rings. The lowest BCUT2D eigenvalue weighted by molar-refractivity contribution is 0.0945. The number of hydrogen-bond donors (Lipinski definition) is 3. The van der Waals surface area contributed by atoms with Crippen molar-refractivity contribution in [1.29, 1.82) is 0 Å². The summed E-state index contributed by atoms with van der Waals surface area (Å²) in [5.74, 6) is -0.558. The van der Waals surface area contributed by atoms with Gasteiger partial charge < -0.3 is 20.8 Å². The number of likely N-dealkylation sites (N-methyl/N-ethyl adjacent to an activating group) is 1. The van der Waals surface area contributed by atoms with E-state index in [9.17, 15) is 9.59 Å². The number of fused-ring (bicyclic) bond motifs is 1. The fourth-order valence-corrected chi connectivity index (χ4v) is 2.40. The number of carbonyl (C=O) groups excluding carboxylic acids is 2. The Labute approximate surface area is 155 Å². The Morgan fingerprint density at radius 1 is 1.35 bits per heavy atom. The molecule has 0 saturated heterocycles. The van der Waals surface area contributed by atoms with Gasteiger partial charge in [-0.1, -0.05) is 6.92 Å². The SMILES string of the molecule is CCNCCNC(=O)c1cc(-c2ccco2)nc2c(C(N)=O)ncn12.Cl. The highest BCUT2D eigenvalue weighted by molar-refractivity contribution is 5.99. The Bertz CT molecular complexity index is 906. The van der Waals surface area contributed by atoms with E-state index in [1.165, 1.54) is 17.0 Å². The van der Waals surface area contributed by atoms with Gasteiger partial charge in [0.2, 0.25) is 0 Å². The van der Waals surface area contributed by atoms with Gasteiger partial charge in [0, 0.05) is 13.1 Å². The molecule has 0 atom stereocenters. The molecule has 9 nitrogen and oxygen atoms in total. The van der Waals surface area contributed by atoms with Crippen LogP contribution in [-0.2, 0) is 0 Å². The Hall–Kier alpha value is -2.91. The fraction of sp³-hybridized carbons (Fsp3) is 0.250. The quantitative estimate of drug-likeness (QED) is 0.523. The van der Waals surface area contributed by atoms with Crippen molar-refractivity contribution in [2.24, 2.45) is 5.73 Å². The van der Waals surface area contributed by atoms with Gasteiger partial charge in [0.1, 0.15) is 17.7 Å². The minimum Gasteiger partial charge on any atom is -0.463 e. The molecule has 3 aromatic heterocycles. The Kier molecular flexibility index (Phi) is 6.31. The average Bonchev–Trinajstić information content (AvgIpc) is 3.26. The van der Waals surface area contributed by atoms with Crippen LogP contribution in [0.3, 0.4) is 0 Å². The molecule has 0 spiro atoms. The molecule has 0 bridgehead atoms. The summed E-state index contributed by atoms with van der Waals surface area (Å²) >= 11 is 0. The zero-order chi connectivity index (χ0) is 17.8. The van der Waals surface area contributed by atoms with Crippen molar-refractivity contribution in [3.05, 3.63) is 42.2 Å². The van der Waals surface area contributed by atoms with Gasteiger partial charge in [-0.3, -0.25) is 14.0 Å². The number of carbonyl (C=O) groups is 2. The lowest BCUT2D eigenvalue weighted by Gasteiger charge is -2.09. The molecule has 4 N–H and O–H groups in total. The number of primary amides is 1. The number of imidazole rings is 1. The van der Waals surface area contributed by atoms with Crippen LogP contribution in [0.25, 0.3) is 17.1 Å². The maximum absolute atomic E-state index is 12.6. The second-order valence-electron chi connectivity index (χ2n) is 5.26. The van der Waals surface area contributed by atoms with E-state index in [0.717, 1.165) is 6.54 Å². The predicted octanol–water partition coefficient (Wildman–Crippen LogP) is 0.849. The summed E-state index contributed by atoms with van der Waals surface area (Å²) in [6.07, 6.45) is 2.86. The monoisotopic (exact) mass is 378 g/mol. The van der Waals surface area contributed by atoms with E-state index in [2.05, 4.69) is 20.6 Å². The molecule has 3 rings (SSSR count). The van der Waals surface area contributed by atoms with Crippen molar-refractivity contribution in [1.82, 2.24) is 25.0 Å². The summed E-state index contributed by atoms with van der Waals surface area (Å²) in [6, 6.07) is 5.01. The molecule has 3 heterocycles. The molecule has 0 fully saturated rings. The van der Waals surface area contributed by atoms with E-state index in [-0.39, 0.29) is 35.3 Å². The van der Waals surface area contributed by atoms with Crippen LogP contribution in [0, 0.1) is 0 Å². The third-order valence-electron chi connectivity index (χ3n) is 3.58. The molecule has 0 aliphatic rings. The first-order valence-corrected chi connectivity index (χ1v) is 7.82. The summed E-state index contributed by atoms with van der Waals surface area (Å²) in [7, 11) is 0. The predicted molar refractivity (Wildman–Crippen MR) is 97.3 cm³/mol. The molecule has 0 aliphatic heterocycles. The van der Waals surface area contributed by atoms with Gasteiger partial charge in [0.05, 0.1) is 6.26 Å². The maximum atomic E-state index is 12.6. The van der Waals surface area contributed by atoms with Crippen LogP contribution in [0.15, 0.2) is 35.2 Å². The van der Waals surface area contributed by atoms with Crippen LogP contribution >= 0.6 is 12.4 Å². The summed E-state index contributed by atoms with van der Waals surface area (Å²) in [5, 5.41) is 5.93. The molecule has 0 radical (unpaired) electrons. The van der Waals surface area contributed by atoms with E-state index >= 15 is 0 Å². The van der Waals surface area contributed by atoms with E-state index in [1.54, 1.807) is 18.2 Å². The Balaban J connectivity index is 0.00000243. The van der Waals surface area contributed by atoms with Crippen molar-refractivity contribution < 1.29 is 14.0 Å². The van der Waals surface area contributed by atoms with Crippen molar-refractivity contribution >= 4 is 29.9 Å². The number of hydrogen-bond acceptors (Lipinski definition) is 6. The Morgan fingerprint density at radius 3 is 2.81 bits per heavy atom. The number of nitrogens with two attached hydrogens (primary N) is 1. The number of nitrogens with zero attached hydrogens (tertiary/aromatic N) is 3. The van der Waals surface area contributed by atoms with Crippen molar-refractivity contribution in [2.75, 3.05) is 19.6 Å². The summed E-state index contributed by atoms with van der Waals surface area (Å²) in [5.41, 5.74) is 6.25. The number of aromatic nitrogens is 3. The largest absolute Gasteiger partial charge is 0.463 e. The van der Waals surface area contributed by atoms with E-state index < -0.39 is 5.91 Å². The van der Waals surface area contributed by atoms with Gasteiger partial charge in [-0.15, -0.1) is 12.4 Å². The third kappa shape index (κ3) is 3.84. The van der Waals surface area contributed by atoms with Crippen LogP contribution in [0.4, 0.5) is 0 Å². The van der Waals surface area contributed by atoms with Gasteiger partial charge in [-0.05, 0) is 24.7 Å². The third-order valence-corrected chi connectivity index (χ3v) is 3.58. The molecular weight excluding hydrogens is 360 g/mol. The van der Waals surface area contributed by atoms with Crippen molar-refractivity contribution in [2.45, 2.75) is 6.92 Å². The van der Waals surface area contributed by atoms with E-state index in [4.69, 9.17) is 10.2 Å². The lowest BCUT2D eigenvalue weighted by Crippen LogP contribution is -2.32. The molecular formula is C16H19ClN6O3. The van der Waals surface area contributed by atoms with Gasteiger partial charge in [0.15, 0.2) is 17.1 Å². The van der Waals surface area contributed by atoms with Crippen LogP contribution in [-0.4, -0.2) is 45.8 Å². The lowest BCUT2D eigenvalue weighted by atomic mass is 10.2. The number of rotatable bonds is 7. The van der Waals surface area contributed by atoms with Crippen LogP contribution in [0.1, 0.15) is 27.9 Å². The minimum atomic E-state index is -0.718. The van der Waals surface area contributed by atoms with Crippen LogP contribution in [0.2, 0.25) is 0 Å². The smallest absolute Gasteiger partial charge is 0.271 e. The average molecular weight is 379 g/mol. The number of amides is 2. The second kappa shape index (κ2) is 8.45. The summed E-state index contributed by atoms with van der Waals surface area (Å²) < 4.78 is 6.78. The molecule has 0 aliphatic carbocycles. The maximum Gasteiger partial charge on any atom is 0.271 e. The first kappa shape index (κ1) is 19.4. The zero-order valence-electron chi connectivity index (χ0n) is 14.1. The highest BCUT2D eigenvalue weighted by Crippen LogP contribution is 2.21. The summed E-state index contributed by atoms with van der Waals surface area (Å²) in [6.45, 7) is 3.92. The molecule has 0 aromatic carbocycles. The number of halogens is 1. The van der Waals surface area contributed by atoms with Crippen molar-refractivity contribution in [3.63, 3.8) is 0 Å². The molecule has 0 saturated carbocycles. The standard InChI is InChI=1S/C16H18N6O3.ClH/c1-2-18-5-6-19-16(24)11-8-10(12-4-3-7-25-12)21-15-13(14(17)23)20-9-22(11)15;/h3-4,7-9,18H,2,5-6H2,1H3,(H2,17,23)(H,19,24);1H. The molecule has 26 heavy (non-hydrogen) atoms. The van der Waals surface area contributed by atoms with E-state index in [0.29, 0.717) is 24.5 Å². The second-order valence-corrected chi connectivity index (χ2v) is 5.26. The topological polar surface area (TPSA) is 128 Å². The van der Waals surface area contributed by atoms with Gasteiger partial charge in [0.25, 0.3) is 11.8 Å². The zero-order valence-corrected chi connectivity index (χ0v) is 14.9. The van der Waals surface area contributed by atoms with Gasteiger partial charge in [-0.2, -0.15) is 0 Å². The summed E-state index contributed by atoms with van der Waals surface area (Å²) in [4.78, 5) is 32.5. The molecule has 2 amide bonds. The normalized spacial score (nSPS) is 10.5. The number of nitrogens with one attached hydrogen (secondary N) is 2. The first-order chi connectivity index (χ1) is 12.1. The minimum absolute atomic E-state index is 0. The van der Waals surface area contributed by atoms with Crippen molar-refractivity contribution in [3.8, 4) is 11.5 Å². The Morgan fingerprint density at radius 2 is 2.15 bits per heavy atom. The molecule has 10 heteroatoms. The molecule has 138 valence electrons. The van der Waals surface area contributed by atoms with Gasteiger partial charge >= 0.3 is 0 Å². The van der Waals surface area contributed by atoms with Gasteiger partial charge in [-0.25, -0.2) is 9.97 Å². The highest BCUT2D eigenvalue weighted by atomic mass is 35.5. The highest BCUT2D eigenvalue weighted by Gasteiger charge is 2.20. The number of furan rings is 1. The van der Waals surface area contributed by atoms with Crippen LogP contribution < -0.4 is 16.4 Å².